The Hall–Kier alpha value is -1.38. The van der Waals surface area contributed by atoms with Gasteiger partial charge in [0.1, 0.15) is 6.04 Å². The maximum absolute atomic E-state index is 11.2. The fraction of sp³-hybridized carbons (Fsp3) is 0.455. The topological polar surface area (TPSA) is 62.1 Å². The number of thiophene rings is 1. The van der Waals surface area contributed by atoms with Crippen molar-refractivity contribution in [1.82, 2.24) is 5.32 Å². The molecule has 16 heavy (non-hydrogen) atoms. The summed E-state index contributed by atoms with van der Waals surface area (Å²) >= 11 is 1.62. The number of nitrogens with zero attached hydrogens (tertiary/aromatic N) is 1. The van der Waals surface area contributed by atoms with Crippen molar-refractivity contribution >= 4 is 17.3 Å². The molecule has 1 N–H and O–H groups in total. The lowest BCUT2D eigenvalue weighted by Gasteiger charge is -2.09. The molecule has 1 atom stereocenters. The number of hydrogen-bond donors (Lipinski definition) is 1. The SMILES string of the molecule is CCOC(=O)CC(C#N)NCc1cccs1. The molecular formula is C11H14N2O2S. The second-order valence-corrected chi connectivity index (χ2v) is 4.18. The van der Waals surface area contributed by atoms with E-state index in [-0.39, 0.29) is 12.4 Å². The summed E-state index contributed by atoms with van der Waals surface area (Å²) < 4.78 is 4.78. The lowest BCUT2D eigenvalue weighted by molar-refractivity contribution is -0.143. The van der Waals surface area contributed by atoms with Gasteiger partial charge in [-0.05, 0) is 18.4 Å². The first-order valence-corrected chi connectivity index (χ1v) is 5.95. The highest BCUT2D eigenvalue weighted by molar-refractivity contribution is 7.09. The third-order valence-electron chi connectivity index (χ3n) is 1.93. The Morgan fingerprint density at radius 2 is 2.56 bits per heavy atom. The molecule has 0 saturated heterocycles. The molecule has 0 aliphatic heterocycles. The average molecular weight is 238 g/mol. The molecule has 0 radical (unpaired) electrons. The minimum atomic E-state index is -0.485. The van der Waals surface area contributed by atoms with E-state index in [1.54, 1.807) is 18.3 Å². The van der Waals surface area contributed by atoms with Crippen LogP contribution < -0.4 is 5.32 Å². The zero-order valence-electron chi connectivity index (χ0n) is 9.10. The first-order valence-electron chi connectivity index (χ1n) is 5.07. The van der Waals surface area contributed by atoms with Crippen molar-refractivity contribution < 1.29 is 9.53 Å². The van der Waals surface area contributed by atoms with Crippen LogP contribution in [0.2, 0.25) is 0 Å². The van der Waals surface area contributed by atoms with Crippen LogP contribution in [0.1, 0.15) is 18.2 Å². The number of nitrogens with one attached hydrogen (secondary N) is 1. The van der Waals surface area contributed by atoms with Crippen LogP contribution in [-0.4, -0.2) is 18.6 Å². The Labute approximate surface area is 98.8 Å². The van der Waals surface area contributed by atoms with Crippen molar-refractivity contribution in [2.75, 3.05) is 6.61 Å². The van der Waals surface area contributed by atoms with Gasteiger partial charge in [0.25, 0.3) is 0 Å². The summed E-state index contributed by atoms with van der Waals surface area (Å²) in [6, 6.07) is 5.50. The second-order valence-electron chi connectivity index (χ2n) is 3.15. The van der Waals surface area contributed by atoms with Crippen LogP contribution in [0.25, 0.3) is 0 Å². The normalized spacial score (nSPS) is 11.8. The Morgan fingerprint density at radius 3 is 3.12 bits per heavy atom. The molecule has 1 aromatic heterocycles. The van der Waals surface area contributed by atoms with Crippen LogP contribution in [0, 0.1) is 11.3 Å². The summed E-state index contributed by atoms with van der Waals surface area (Å²) in [7, 11) is 0. The van der Waals surface area contributed by atoms with E-state index in [2.05, 4.69) is 5.32 Å². The van der Waals surface area contributed by atoms with E-state index in [9.17, 15) is 4.79 Å². The van der Waals surface area contributed by atoms with E-state index in [0.29, 0.717) is 13.2 Å². The van der Waals surface area contributed by atoms with Crippen molar-refractivity contribution in [2.45, 2.75) is 25.9 Å². The molecule has 1 unspecified atom stereocenters. The highest BCUT2D eigenvalue weighted by Gasteiger charge is 2.13. The minimum Gasteiger partial charge on any atom is -0.466 e. The minimum absolute atomic E-state index is 0.0930. The number of carbonyl (C=O) groups is 1. The van der Waals surface area contributed by atoms with Gasteiger partial charge in [-0.15, -0.1) is 11.3 Å². The average Bonchev–Trinajstić information content (AvgIpc) is 2.77. The summed E-state index contributed by atoms with van der Waals surface area (Å²) in [5, 5.41) is 13.8. The van der Waals surface area contributed by atoms with Gasteiger partial charge in [0.15, 0.2) is 0 Å². The molecule has 1 rings (SSSR count). The monoisotopic (exact) mass is 238 g/mol. The standard InChI is InChI=1S/C11H14N2O2S/c1-2-15-11(14)6-9(7-12)13-8-10-4-3-5-16-10/h3-5,9,13H,2,6,8H2,1H3. The summed E-state index contributed by atoms with van der Waals surface area (Å²) in [5.74, 6) is -0.340. The Bertz CT molecular complexity index is 357. The highest BCUT2D eigenvalue weighted by atomic mass is 32.1. The van der Waals surface area contributed by atoms with Crippen molar-refractivity contribution in [1.29, 1.82) is 5.26 Å². The first kappa shape index (κ1) is 12.7. The Morgan fingerprint density at radius 1 is 1.75 bits per heavy atom. The van der Waals surface area contributed by atoms with E-state index in [1.807, 2.05) is 23.6 Å². The molecule has 0 fully saturated rings. The second kappa shape index (κ2) is 6.99. The van der Waals surface area contributed by atoms with Gasteiger partial charge in [-0.1, -0.05) is 6.07 Å². The van der Waals surface area contributed by atoms with Gasteiger partial charge < -0.3 is 4.74 Å². The van der Waals surface area contributed by atoms with Crippen molar-refractivity contribution in [3.05, 3.63) is 22.4 Å². The van der Waals surface area contributed by atoms with Crippen molar-refractivity contribution in [2.24, 2.45) is 0 Å². The predicted molar refractivity (Wildman–Crippen MR) is 61.8 cm³/mol. The van der Waals surface area contributed by atoms with Gasteiger partial charge in [-0.2, -0.15) is 5.26 Å². The summed E-state index contributed by atoms with van der Waals surface area (Å²) in [6.07, 6.45) is 0.0930. The molecule has 86 valence electrons. The third kappa shape index (κ3) is 4.43. The molecule has 5 heteroatoms. The van der Waals surface area contributed by atoms with Gasteiger partial charge in [-0.25, -0.2) is 0 Å². The molecule has 0 aliphatic carbocycles. The molecule has 1 heterocycles. The van der Waals surface area contributed by atoms with E-state index >= 15 is 0 Å². The Balaban J connectivity index is 2.32. The molecule has 0 amide bonds. The van der Waals surface area contributed by atoms with Crippen LogP contribution in [0.4, 0.5) is 0 Å². The molecule has 1 aromatic rings. The zero-order chi connectivity index (χ0) is 11.8. The summed E-state index contributed by atoms with van der Waals surface area (Å²) in [6.45, 7) is 2.70. The molecule has 0 aromatic carbocycles. The number of carbonyl (C=O) groups excluding carboxylic acids is 1. The van der Waals surface area contributed by atoms with Gasteiger partial charge in [0, 0.05) is 11.4 Å². The zero-order valence-corrected chi connectivity index (χ0v) is 9.92. The van der Waals surface area contributed by atoms with Gasteiger partial charge in [0.2, 0.25) is 0 Å². The molecule has 4 nitrogen and oxygen atoms in total. The smallest absolute Gasteiger partial charge is 0.308 e. The molecule has 0 bridgehead atoms. The lowest BCUT2D eigenvalue weighted by Crippen LogP contribution is -2.29. The number of nitriles is 1. The largest absolute Gasteiger partial charge is 0.466 e. The molecular weight excluding hydrogens is 224 g/mol. The maximum Gasteiger partial charge on any atom is 0.308 e. The summed E-state index contributed by atoms with van der Waals surface area (Å²) in [4.78, 5) is 12.3. The first-order chi connectivity index (χ1) is 7.76. The summed E-state index contributed by atoms with van der Waals surface area (Å²) in [5.41, 5.74) is 0. The van der Waals surface area contributed by atoms with Crippen LogP contribution in [-0.2, 0) is 16.1 Å². The Kier molecular flexibility index (Phi) is 5.54. The van der Waals surface area contributed by atoms with Crippen LogP contribution in [0.3, 0.4) is 0 Å². The number of ether oxygens (including phenoxy) is 1. The lowest BCUT2D eigenvalue weighted by atomic mass is 10.2. The van der Waals surface area contributed by atoms with E-state index < -0.39 is 6.04 Å². The van der Waals surface area contributed by atoms with Gasteiger partial charge in [0.05, 0.1) is 19.1 Å². The van der Waals surface area contributed by atoms with Gasteiger partial charge in [-0.3, -0.25) is 10.1 Å². The van der Waals surface area contributed by atoms with E-state index in [0.717, 1.165) is 4.88 Å². The molecule has 0 spiro atoms. The quantitative estimate of drug-likeness (QED) is 0.766. The van der Waals surface area contributed by atoms with Crippen LogP contribution in [0.15, 0.2) is 17.5 Å². The number of hydrogen-bond acceptors (Lipinski definition) is 5. The fourth-order valence-corrected chi connectivity index (χ4v) is 1.84. The number of esters is 1. The third-order valence-corrected chi connectivity index (χ3v) is 2.81. The van der Waals surface area contributed by atoms with Crippen LogP contribution >= 0.6 is 11.3 Å². The van der Waals surface area contributed by atoms with E-state index in [1.165, 1.54) is 0 Å². The van der Waals surface area contributed by atoms with Crippen LogP contribution in [0.5, 0.6) is 0 Å². The number of rotatable bonds is 6. The predicted octanol–water partition coefficient (Wildman–Crippen LogP) is 1.68. The fourth-order valence-electron chi connectivity index (χ4n) is 1.19. The maximum atomic E-state index is 11.2. The highest BCUT2D eigenvalue weighted by Crippen LogP contribution is 2.08. The van der Waals surface area contributed by atoms with Crippen molar-refractivity contribution in [3.63, 3.8) is 0 Å². The van der Waals surface area contributed by atoms with Crippen molar-refractivity contribution in [3.8, 4) is 6.07 Å². The van der Waals surface area contributed by atoms with Gasteiger partial charge >= 0.3 is 5.97 Å². The molecule has 0 aliphatic rings. The molecule has 0 saturated carbocycles. The van der Waals surface area contributed by atoms with E-state index in [4.69, 9.17) is 10.00 Å².